The molecule has 1 aromatic rings. The Morgan fingerprint density at radius 1 is 1.43 bits per heavy atom. The first kappa shape index (κ1) is 17.2. The molecule has 1 fully saturated rings. The van der Waals surface area contributed by atoms with Gasteiger partial charge < -0.3 is 21.3 Å². The summed E-state index contributed by atoms with van der Waals surface area (Å²) in [6.45, 7) is 3.84. The Bertz CT molecular complexity index is 579. The third-order valence-electron chi connectivity index (χ3n) is 3.97. The largest absolute Gasteiger partial charge is 0.356 e. The molecule has 0 aliphatic carbocycles. The zero-order valence-electron chi connectivity index (χ0n) is 13.4. The lowest BCUT2D eigenvalue weighted by atomic mass is 9.97. The van der Waals surface area contributed by atoms with E-state index in [0.29, 0.717) is 37.4 Å². The highest BCUT2D eigenvalue weighted by molar-refractivity contribution is 5.93. The second kappa shape index (κ2) is 7.92. The number of aryl methyl sites for hydroxylation is 1. The molecule has 1 heterocycles. The molecule has 0 radical (unpaired) electrons. The Kier molecular flexibility index (Phi) is 5.92. The summed E-state index contributed by atoms with van der Waals surface area (Å²) < 4.78 is 13.5. The number of carbonyl (C=O) groups is 2. The van der Waals surface area contributed by atoms with Gasteiger partial charge in [0.1, 0.15) is 5.82 Å². The van der Waals surface area contributed by atoms with Gasteiger partial charge in [-0.15, -0.1) is 0 Å². The van der Waals surface area contributed by atoms with Gasteiger partial charge in [-0.1, -0.05) is 6.07 Å². The average Bonchev–Trinajstić information content (AvgIpc) is 2.56. The Morgan fingerprint density at radius 3 is 2.91 bits per heavy atom. The van der Waals surface area contributed by atoms with Gasteiger partial charge in [-0.05, 0) is 37.5 Å². The van der Waals surface area contributed by atoms with Crippen LogP contribution in [0.15, 0.2) is 18.2 Å². The van der Waals surface area contributed by atoms with Crippen LogP contribution in [0, 0.1) is 18.7 Å². The van der Waals surface area contributed by atoms with E-state index >= 15 is 0 Å². The molecule has 126 valence electrons. The van der Waals surface area contributed by atoms with E-state index in [0.717, 1.165) is 12.8 Å². The number of nitrogens with one attached hydrogen (secondary N) is 2. The van der Waals surface area contributed by atoms with Gasteiger partial charge in [-0.3, -0.25) is 4.79 Å². The smallest absolute Gasteiger partial charge is 0.317 e. The maximum atomic E-state index is 13.5. The topological polar surface area (TPSA) is 89.1 Å². The first-order chi connectivity index (χ1) is 11.0. The summed E-state index contributed by atoms with van der Waals surface area (Å²) in [7, 11) is 0. The molecule has 0 bridgehead atoms. The maximum absolute atomic E-state index is 13.5. The van der Waals surface area contributed by atoms with E-state index in [1.165, 1.54) is 6.07 Å². The molecule has 7 heteroatoms. The van der Waals surface area contributed by atoms with Crippen LogP contribution in [0.3, 0.4) is 0 Å². The number of nitrogens with zero attached hydrogens (tertiary/aromatic N) is 1. The number of anilines is 1. The van der Waals surface area contributed by atoms with Crippen LogP contribution in [0.25, 0.3) is 0 Å². The van der Waals surface area contributed by atoms with Crippen molar-refractivity contribution in [2.24, 2.45) is 5.92 Å². The van der Waals surface area contributed by atoms with Gasteiger partial charge >= 0.3 is 6.03 Å². The van der Waals surface area contributed by atoms with E-state index in [1.54, 1.807) is 24.0 Å². The first-order valence-corrected chi connectivity index (χ1v) is 7.90. The van der Waals surface area contributed by atoms with Gasteiger partial charge in [0.05, 0.1) is 19.0 Å². The lowest BCUT2D eigenvalue weighted by molar-refractivity contribution is -0.364. The quantitative estimate of drug-likeness (QED) is 0.763. The second-order valence-corrected chi connectivity index (χ2v) is 5.82. The predicted octanol–water partition coefficient (Wildman–Crippen LogP) is 0.736. The summed E-state index contributed by atoms with van der Waals surface area (Å²) in [5, 5.41) is 5.50. The number of rotatable bonds is 4. The number of halogens is 1. The van der Waals surface area contributed by atoms with Crippen molar-refractivity contribution in [2.45, 2.75) is 19.8 Å². The number of hydrogen-bond donors (Lipinski definition) is 3. The molecule has 6 nitrogen and oxygen atoms in total. The van der Waals surface area contributed by atoms with Crippen molar-refractivity contribution in [3.8, 4) is 0 Å². The van der Waals surface area contributed by atoms with Crippen LogP contribution in [-0.2, 0) is 4.79 Å². The number of amides is 3. The standard InChI is InChI=1S/C16H23FN4O2/c1-11-4-5-13(9-14(11)17)20-15(22)12-3-2-8-21(10-12)16(23)19-7-6-18/h4-5,9,12H,2-3,6-8,10,18H2,1H3,(H,19,23)(H,20,22)/p+1/t12-/m0/s1. The molecule has 1 aromatic carbocycles. The highest BCUT2D eigenvalue weighted by Crippen LogP contribution is 2.20. The molecule has 3 amide bonds. The number of benzene rings is 1. The van der Waals surface area contributed by atoms with Crippen molar-refractivity contribution in [1.29, 1.82) is 0 Å². The summed E-state index contributed by atoms with van der Waals surface area (Å²) in [5.74, 6) is -0.804. The van der Waals surface area contributed by atoms with Gasteiger partial charge in [0.25, 0.3) is 0 Å². The van der Waals surface area contributed by atoms with Crippen LogP contribution in [0.1, 0.15) is 18.4 Å². The SMILES string of the molecule is Cc1ccc(NC(=O)[C@H]2CCCN(C(=O)NCC[NH3+])C2)cc1F. The molecule has 23 heavy (non-hydrogen) atoms. The van der Waals surface area contributed by atoms with Crippen molar-refractivity contribution in [2.75, 3.05) is 31.5 Å². The first-order valence-electron chi connectivity index (χ1n) is 7.90. The minimum Gasteiger partial charge on any atom is -0.356 e. The zero-order valence-corrected chi connectivity index (χ0v) is 13.4. The zero-order chi connectivity index (χ0) is 16.8. The summed E-state index contributed by atoms with van der Waals surface area (Å²) in [6, 6.07) is 4.46. The fraction of sp³-hybridized carbons (Fsp3) is 0.500. The van der Waals surface area contributed by atoms with Gasteiger partial charge in [0.15, 0.2) is 0 Å². The fourth-order valence-electron chi connectivity index (χ4n) is 2.60. The van der Waals surface area contributed by atoms with Gasteiger partial charge in [0.2, 0.25) is 5.91 Å². The molecule has 0 unspecified atom stereocenters. The predicted molar refractivity (Wildman–Crippen MR) is 85.2 cm³/mol. The van der Waals surface area contributed by atoms with Crippen LogP contribution in [0.5, 0.6) is 0 Å². The van der Waals surface area contributed by atoms with Crippen LogP contribution in [0.4, 0.5) is 14.9 Å². The summed E-state index contributed by atoms with van der Waals surface area (Å²) in [5.41, 5.74) is 4.66. The molecule has 0 saturated carbocycles. The van der Waals surface area contributed by atoms with Crippen LogP contribution in [0.2, 0.25) is 0 Å². The van der Waals surface area contributed by atoms with E-state index < -0.39 is 0 Å². The minimum absolute atomic E-state index is 0.160. The normalized spacial score (nSPS) is 17.7. The maximum Gasteiger partial charge on any atom is 0.317 e. The number of quaternary nitrogens is 1. The van der Waals surface area contributed by atoms with Crippen LogP contribution >= 0.6 is 0 Å². The molecule has 1 saturated heterocycles. The summed E-state index contributed by atoms with van der Waals surface area (Å²) in [4.78, 5) is 26.0. The molecule has 0 spiro atoms. The Hall–Kier alpha value is -2.15. The number of carbonyl (C=O) groups excluding carboxylic acids is 2. The third kappa shape index (κ3) is 4.66. The van der Waals surface area contributed by atoms with E-state index in [4.69, 9.17) is 0 Å². The lowest BCUT2D eigenvalue weighted by Crippen LogP contribution is -2.56. The third-order valence-corrected chi connectivity index (χ3v) is 3.97. The molecule has 1 atom stereocenters. The summed E-state index contributed by atoms with van der Waals surface area (Å²) in [6.07, 6.45) is 1.50. The van der Waals surface area contributed by atoms with Gasteiger partial charge in [0, 0.05) is 18.8 Å². The van der Waals surface area contributed by atoms with E-state index in [1.807, 2.05) is 0 Å². The molecule has 0 aromatic heterocycles. The van der Waals surface area contributed by atoms with Gasteiger partial charge in [-0.2, -0.15) is 0 Å². The van der Waals surface area contributed by atoms with Crippen molar-refractivity contribution in [3.05, 3.63) is 29.6 Å². The fourth-order valence-corrected chi connectivity index (χ4v) is 2.60. The Balaban J connectivity index is 1.93. The monoisotopic (exact) mass is 323 g/mol. The van der Waals surface area contributed by atoms with Crippen LogP contribution < -0.4 is 16.4 Å². The summed E-state index contributed by atoms with van der Waals surface area (Å²) >= 11 is 0. The molecular formula is C16H24FN4O2+. The average molecular weight is 323 g/mol. The number of likely N-dealkylation sites (tertiary alicyclic amines) is 1. The molecule has 5 N–H and O–H groups in total. The van der Waals surface area contributed by atoms with Crippen molar-refractivity contribution in [3.63, 3.8) is 0 Å². The molecule has 2 rings (SSSR count). The second-order valence-electron chi connectivity index (χ2n) is 5.82. The molecule has 1 aliphatic rings. The van der Waals surface area contributed by atoms with E-state index in [-0.39, 0.29) is 23.7 Å². The van der Waals surface area contributed by atoms with E-state index in [9.17, 15) is 14.0 Å². The lowest BCUT2D eigenvalue weighted by Gasteiger charge is -2.32. The molecule has 1 aliphatic heterocycles. The minimum atomic E-state index is -0.347. The molecular weight excluding hydrogens is 299 g/mol. The number of hydrogen-bond acceptors (Lipinski definition) is 2. The van der Waals surface area contributed by atoms with Crippen molar-refractivity contribution in [1.82, 2.24) is 10.2 Å². The Morgan fingerprint density at radius 2 is 2.22 bits per heavy atom. The van der Waals surface area contributed by atoms with Crippen LogP contribution in [-0.4, -0.2) is 43.0 Å². The highest BCUT2D eigenvalue weighted by atomic mass is 19.1. The van der Waals surface area contributed by atoms with Gasteiger partial charge in [-0.25, -0.2) is 9.18 Å². The highest BCUT2D eigenvalue weighted by Gasteiger charge is 2.28. The van der Waals surface area contributed by atoms with E-state index in [2.05, 4.69) is 16.4 Å². The Labute approximate surface area is 135 Å². The van der Waals surface area contributed by atoms with Crippen molar-refractivity contribution >= 4 is 17.6 Å². The number of urea groups is 1. The van der Waals surface area contributed by atoms with Crippen molar-refractivity contribution < 1.29 is 19.7 Å². The number of piperidine rings is 1.